The maximum absolute atomic E-state index is 8.42. The van der Waals surface area contributed by atoms with Crippen molar-refractivity contribution in [3.63, 3.8) is 0 Å². The summed E-state index contributed by atoms with van der Waals surface area (Å²) < 4.78 is 5.12. The van der Waals surface area contributed by atoms with Gasteiger partial charge in [0.05, 0.1) is 19.8 Å². The van der Waals surface area contributed by atoms with E-state index in [0.29, 0.717) is 13.2 Å². The molecular formula is C9H13KO2. The summed E-state index contributed by atoms with van der Waals surface area (Å²) >= 11 is 0. The van der Waals surface area contributed by atoms with Gasteiger partial charge in [-0.2, -0.15) is 0 Å². The van der Waals surface area contributed by atoms with Gasteiger partial charge in [0.25, 0.3) is 0 Å². The van der Waals surface area contributed by atoms with Gasteiger partial charge in [-0.1, -0.05) is 30.3 Å². The molecule has 0 radical (unpaired) electrons. The Labute approximate surface area is 115 Å². The van der Waals surface area contributed by atoms with E-state index in [4.69, 9.17) is 9.84 Å². The molecule has 12 heavy (non-hydrogen) atoms. The number of benzene rings is 1. The van der Waals surface area contributed by atoms with Crippen LogP contribution in [0.25, 0.3) is 0 Å². The van der Waals surface area contributed by atoms with Crippen LogP contribution in [0, 0.1) is 0 Å². The summed E-state index contributed by atoms with van der Waals surface area (Å²) in [4.78, 5) is 0. The number of rotatable bonds is 4. The van der Waals surface area contributed by atoms with Crippen molar-refractivity contribution in [2.75, 3.05) is 13.2 Å². The van der Waals surface area contributed by atoms with Crippen LogP contribution in [0.15, 0.2) is 30.3 Å². The standard InChI is InChI=1S/C9H12O2.K.H/c10-6-7-11-8-9-4-2-1-3-5-9;;/h1-5,10H,6-8H2;;. The van der Waals surface area contributed by atoms with E-state index >= 15 is 0 Å². The molecule has 1 rings (SSSR count). The Kier molecular flexibility index (Phi) is 8.92. The summed E-state index contributed by atoms with van der Waals surface area (Å²) in [6.45, 7) is 1.09. The maximum atomic E-state index is 8.42. The van der Waals surface area contributed by atoms with E-state index in [1.807, 2.05) is 30.3 Å². The number of ether oxygens (including phenoxy) is 1. The quantitative estimate of drug-likeness (QED) is 0.557. The van der Waals surface area contributed by atoms with Crippen molar-refractivity contribution in [1.82, 2.24) is 0 Å². The molecule has 1 N–H and O–H groups in total. The first-order valence-corrected chi connectivity index (χ1v) is 3.66. The average molecular weight is 192 g/mol. The molecule has 0 bridgehead atoms. The van der Waals surface area contributed by atoms with Gasteiger partial charge < -0.3 is 9.84 Å². The molecule has 3 heteroatoms. The summed E-state index contributed by atoms with van der Waals surface area (Å²) in [5.41, 5.74) is 1.14. The number of hydrogen-bond acceptors (Lipinski definition) is 2. The third kappa shape index (κ3) is 5.43. The molecule has 0 aliphatic carbocycles. The Morgan fingerprint density at radius 1 is 1.17 bits per heavy atom. The number of aliphatic hydroxyl groups excluding tert-OH is 1. The van der Waals surface area contributed by atoms with Gasteiger partial charge in [-0.3, -0.25) is 0 Å². The molecule has 0 unspecified atom stereocenters. The van der Waals surface area contributed by atoms with Crippen molar-refractivity contribution < 1.29 is 9.84 Å². The fraction of sp³-hybridized carbons (Fsp3) is 0.333. The second kappa shape index (κ2) is 8.38. The van der Waals surface area contributed by atoms with E-state index in [9.17, 15) is 0 Å². The van der Waals surface area contributed by atoms with E-state index in [2.05, 4.69) is 0 Å². The molecule has 0 saturated carbocycles. The number of aliphatic hydroxyl groups is 1. The Morgan fingerprint density at radius 2 is 1.83 bits per heavy atom. The van der Waals surface area contributed by atoms with E-state index in [1.165, 1.54) is 0 Å². The fourth-order valence-corrected chi connectivity index (χ4v) is 0.829. The van der Waals surface area contributed by atoms with Crippen molar-refractivity contribution in [3.8, 4) is 0 Å². The van der Waals surface area contributed by atoms with Gasteiger partial charge in [0, 0.05) is 0 Å². The molecule has 0 atom stereocenters. The van der Waals surface area contributed by atoms with Crippen LogP contribution in [0.3, 0.4) is 0 Å². The fourth-order valence-electron chi connectivity index (χ4n) is 0.829. The van der Waals surface area contributed by atoms with Gasteiger partial charge in [0.15, 0.2) is 0 Å². The zero-order valence-corrected chi connectivity index (χ0v) is 6.36. The van der Waals surface area contributed by atoms with Gasteiger partial charge in [0.2, 0.25) is 0 Å². The van der Waals surface area contributed by atoms with Crippen LogP contribution in [-0.4, -0.2) is 69.7 Å². The molecule has 62 valence electrons. The van der Waals surface area contributed by atoms with Crippen molar-refractivity contribution in [1.29, 1.82) is 0 Å². The summed E-state index contributed by atoms with van der Waals surface area (Å²) in [5, 5.41) is 8.42. The van der Waals surface area contributed by atoms with Crippen LogP contribution in [0.4, 0.5) is 0 Å². The van der Waals surface area contributed by atoms with E-state index in [-0.39, 0.29) is 58.0 Å². The summed E-state index contributed by atoms with van der Waals surface area (Å²) in [7, 11) is 0. The average Bonchev–Trinajstić information content (AvgIpc) is 2.07. The third-order valence-corrected chi connectivity index (χ3v) is 1.35. The van der Waals surface area contributed by atoms with E-state index in [0.717, 1.165) is 5.56 Å². The minimum absolute atomic E-state index is 0. The normalized spacial score (nSPS) is 9.08. The van der Waals surface area contributed by atoms with Crippen LogP contribution >= 0.6 is 0 Å². The van der Waals surface area contributed by atoms with E-state index < -0.39 is 0 Å². The zero-order chi connectivity index (χ0) is 7.94. The van der Waals surface area contributed by atoms with Gasteiger partial charge >= 0.3 is 51.4 Å². The minimum atomic E-state index is 0. The van der Waals surface area contributed by atoms with Crippen LogP contribution in [0.1, 0.15) is 5.56 Å². The molecule has 0 aliphatic heterocycles. The molecule has 0 saturated heterocycles. The van der Waals surface area contributed by atoms with Crippen LogP contribution in [0.2, 0.25) is 0 Å². The van der Waals surface area contributed by atoms with Crippen LogP contribution < -0.4 is 0 Å². The predicted octanol–water partition coefficient (Wildman–Crippen LogP) is 0.547. The molecule has 1 aromatic carbocycles. The zero-order valence-electron chi connectivity index (χ0n) is 6.36. The van der Waals surface area contributed by atoms with E-state index in [1.54, 1.807) is 0 Å². The molecular weight excluding hydrogens is 179 g/mol. The second-order valence-electron chi connectivity index (χ2n) is 2.26. The second-order valence-corrected chi connectivity index (χ2v) is 2.26. The van der Waals surface area contributed by atoms with Gasteiger partial charge in [0.1, 0.15) is 0 Å². The van der Waals surface area contributed by atoms with Crippen molar-refractivity contribution >= 4 is 51.4 Å². The molecule has 0 heterocycles. The Hall–Kier alpha value is 0.776. The Bertz CT molecular complexity index is 189. The molecule has 0 aromatic heterocycles. The van der Waals surface area contributed by atoms with Crippen molar-refractivity contribution in [3.05, 3.63) is 35.9 Å². The molecule has 1 aromatic rings. The third-order valence-electron chi connectivity index (χ3n) is 1.35. The number of hydrogen-bond donors (Lipinski definition) is 1. The van der Waals surface area contributed by atoms with Crippen molar-refractivity contribution in [2.24, 2.45) is 0 Å². The first-order valence-electron chi connectivity index (χ1n) is 3.66. The summed E-state index contributed by atoms with van der Waals surface area (Å²) in [6, 6.07) is 9.90. The van der Waals surface area contributed by atoms with Crippen LogP contribution in [0.5, 0.6) is 0 Å². The van der Waals surface area contributed by atoms with Crippen LogP contribution in [-0.2, 0) is 11.3 Å². The Morgan fingerprint density at radius 3 is 2.42 bits per heavy atom. The first kappa shape index (κ1) is 12.8. The van der Waals surface area contributed by atoms with Crippen molar-refractivity contribution in [2.45, 2.75) is 6.61 Å². The predicted molar refractivity (Wildman–Crippen MR) is 50.3 cm³/mol. The van der Waals surface area contributed by atoms with Gasteiger partial charge in [-0.25, -0.2) is 0 Å². The SMILES string of the molecule is OCCOCc1ccccc1.[KH]. The molecule has 0 amide bonds. The molecule has 2 nitrogen and oxygen atoms in total. The summed E-state index contributed by atoms with van der Waals surface area (Å²) in [5.74, 6) is 0. The topological polar surface area (TPSA) is 29.5 Å². The Balaban J connectivity index is 0.00000121. The molecule has 0 aliphatic rings. The van der Waals surface area contributed by atoms with Gasteiger partial charge in [-0.15, -0.1) is 0 Å². The van der Waals surface area contributed by atoms with Gasteiger partial charge in [-0.05, 0) is 5.56 Å². The summed E-state index contributed by atoms with van der Waals surface area (Å²) in [6.07, 6.45) is 0. The monoisotopic (exact) mass is 192 g/mol. The molecule has 0 spiro atoms. The first-order chi connectivity index (χ1) is 5.43. The molecule has 0 fully saturated rings.